The van der Waals surface area contributed by atoms with Crippen LogP contribution in [0.3, 0.4) is 0 Å². The summed E-state index contributed by atoms with van der Waals surface area (Å²) in [5, 5.41) is 0. The van der Waals surface area contributed by atoms with Gasteiger partial charge in [0.25, 0.3) is 0 Å². The minimum atomic E-state index is 0.469. The van der Waals surface area contributed by atoms with E-state index in [4.69, 9.17) is 4.84 Å². The maximum atomic E-state index is 4.94. The highest BCUT2D eigenvalue weighted by molar-refractivity contribution is 5.29. The standard InChI is InChI=1S/C8H10N2O/c1-2-7-11-10-8-5-3-4-6-9-8/h2-6H,1,7H2,(H,9,10). The Morgan fingerprint density at radius 1 is 1.64 bits per heavy atom. The van der Waals surface area contributed by atoms with E-state index in [-0.39, 0.29) is 0 Å². The van der Waals surface area contributed by atoms with Gasteiger partial charge in [-0.3, -0.25) is 4.84 Å². The molecule has 0 bridgehead atoms. The van der Waals surface area contributed by atoms with E-state index in [2.05, 4.69) is 17.0 Å². The lowest BCUT2D eigenvalue weighted by Gasteiger charge is -2.01. The number of hydrogen-bond acceptors (Lipinski definition) is 3. The molecule has 1 rings (SSSR count). The summed E-state index contributed by atoms with van der Waals surface area (Å²) < 4.78 is 0. The Balaban J connectivity index is 2.33. The Bertz CT molecular complexity index is 211. The van der Waals surface area contributed by atoms with E-state index in [0.717, 1.165) is 0 Å². The largest absolute Gasteiger partial charge is 0.271 e. The van der Waals surface area contributed by atoms with Crippen molar-refractivity contribution in [3.63, 3.8) is 0 Å². The molecule has 0 fully saturated rings. The SMILES string of the molecule is C=CCONc1ccccn1. The molecular formula is C8H10N2O. The van der Waals surface area contributed by atoms with Crippen molar-refractivity contribution in [2.24, 2.45) is 0 Å². The number of hydrogen-bond donors (Lipinski definition) is 1. The Kier molecular flexibility index (Phi) is 3.15. The van der Waals surface area contributed by atoms with Crippen molar-refractivity contribution in [3.8, 4) is 0 Å². The molecule has 0 radical (unpaired) electrons. The normalized spacial score (nSPS) is 9.09. The van der Waals surface area contributed by atoms with E-state index in [0.29, 0.717) is 12.4 Å². The van der Waals surface area contributed by atoms with Gasteiger partial charge in [-0.1, -0.05) is 12.1 Å². The zero-order chi connectivity index (χ0) is 7.94. The van der Waals surface area contributed by atoms with Gasteiger partial charge in [-0.05, 0) is 12.1 Å². The first-order valence-electron chi connectivity index (χ1n) is 3.33. The molecule has 0 amide bonds. The third kappa shape index (κ3) is 2.82. The Labute approximate surface area is 65.7 Å². The van der Waals surface area contributed by atoms with E-state index >= 15 is 0 Å². The van der Waals surface area contributed by atoms with E-state index in [1.807, 2.05) is 18.2 Å². The molecule has 0 aromatic carbocycles. The monoisotopic (exact) mass is 150 g/mol. The number of rotatable bonds is 4. The molecule has 58 valence electrons. The van der Waals surface area contributed by atoms with E-state index in [9.17, 15) is 0 Å². The maximum absolute atomic E-state index is 4.94. The molecule has 3 heteroatoms. The van der Waals surface area contributed by atoms with Crippen LogP contribution in [-0.4, -0.2) is 11.6 Å². The van der Waals surface area contributed by atoms with Crippen molar-refractivity contribution < 1.29 is 4.84 Å². The van der Waals surface area contributed by atoms with Gasteiger partial charge in [0.1, 0.15) is 5.82 Å². The van der Waals surface area contributed by atoms with E-state index < -0.39 is 0 Å². The van der Waals surface area contributed by atoms with Crippen LogP contribution in [0.2, 0.25) is 0 Å². The first kappa shape index (κ1) is 7.75. The Morgan fingerprint density at radius 2 is 2.55 bits per heavy atom. The molecule has 1 N–H and O–H groups in total. The summed E-state index contributed by atoms with van der Waals surface area (Å²) in [7, 11) is 0. The van der Waals surface area contributed by atoms with Crippen molar-refractivity contribution >= 4 is 5.82 Å². The number of anilines is 1. The van der Waals surface area contributed by atoms with Gasteiger partial charge in [-0.2, -0.15) is 0 Å². The molecule has 0 aliphatic heterocycles. The van der Waals surface area contributed by atoms with Crippen molar-refractivity contribution in [2.75, 3.05) is 12.1 Å². The summed E-state index contributed by atoms with van der Waals surface area (Å²) in [6.45, 7) is 3.98. The first-order chi connectivity index (χ1) is 5.43. The molecule has 0 saturated carbocycles. The molecule has 0 aliphatic rings. The fraction of sp³-hybridized carbons (Fsp3) is 0.125. The highest BCUT2D eigenvalue weighted by Crippen LogP contribution is 1.98. The zero-order valence-electron chi connectivity index (χ0n) is 6.16. The van der Waals surface area contributed by atoms with E-state index in [1.165, 1.54) is 0 Å². The first-order valence-corrected chi connectivity index (χ1v) is 3.33. The highest BCUT2D eigenvalue weighted by Gasteiger charge is 1.86. The molecule has 0 aliphatic carbocycles. The summed E-state index contributed by atoms with van der Waals surface area (Å²) in [5.74, 6) is 0.703. The van der Waals surface area contributed by atoms with Gasteiger partial charge in [0.15, 0.2) is 0 Å². The van der Waals surface area contributed by atoms with Crippen molar-refractivity contribution in [1.29, 1.82) is 0 Å². The van der Waals surface area contributed by atoms with Gasteiger partial charge in [0.05, 0.1) is 6.61 Å². The summed E-state index contributed by atoms with van der Waals surface area (Å²) in [6.07, 6.45) is 3.36. The third-order valence-corrected chi connectivity index (χ3v) is 1.04. The van der Waals surface area contributed by atoms with Crippen LogP contribution in [-0.2, 0) is 4.84 Å². The van der Waals surface area contributed by atoms with Crippen molar-refractivity contribution in [3.05, 3.63) is 37.1 Å². The van der Waals surface area contributed by atoms with Crippen LogP contribution < -0.4 is 5.48 Å². The quantitative estimate of drug-likeness (QED) is 0.402. The lowest BCUT2D eigenvalue weighted by molar-refractivity contribution is 0.227. The average Bonchev–Trinajstić information content (AvgIpc) is 2.07. The van der Waals surface area contributed by atoms with Crippen molar-refractivity contribution in [2.45, 2.75) is 0 Å². The van der Waals surface area contributed by atoms with Crippen LogP contribution in [0.15, 0.2) is 37.1 Å². The molecule has 0 unspecified atom stereocenters. The minimum Gasteiger partial charge on any atom is -0.271 e. The number of nitrogens with one attached hydrogen (secondary N) is 1. The van der Waals surface area contributed by atoms with Gasteiger partial charge in [-0.15, -0.1) is 6.58 Å². The van der Waals surface area contributed by atoms with Gasteiger partial charge >= 0.3 is 0 Å². The lowest BCUT2D eigenvalue weighted by Crippen LogP contribution is -2.01. The molecule has 0 atom stereocenters. The highest BCUT2D eigenvalue weighted by atomic mass is 16.6. The van der Waals surface area contributed by atoms with Gasteiger partial charge < -0.3 is 0 Å². The second-order valence-electron chi connectivity index (χ2n) is 1.92. The fourth-order valence-corrected chi connectivity index (χ4v) is 0.598. The maximum Gasteiger partial charge on any atom is 0.149 e. The Morgan fingerprint density at radius 3 is 3.18 bits per heavy atom. The second-order valence-corrected chi connectivity index (χ2v) is 1.92. The molecular weight excluding hydrogens is 140 g/mol. The van der Waals surface area contributed by atoms with Crippen molar-refractivity contribution in [1.82, 2.24) is 4.98 Å². The Hall–Kier alpha value is -1.35. The molecule has 0 spiro atoms. The number of aromatic nitrogens is 1. The molecule has 1 aromatic rings. The van der Waals surface area contributed by atoms with Gasteiger partial charge in [0, 0.05) is 6.20 Å². The summed E-state index contributed by atoms with van der Waals surface area (Å²) >= 11 is 0. The zero-order valence-corrected chi connectivity index (χ0v) is 6.16. The van der Waals surface area contributed by atoms with Crippen LogP contribution in [0, 0.1) is 0 Å². The topological polar surface area (TPSA) is 34.1 Å². The lowest BCUT2D eigenvalue weighted by atomic mass is 10.5. The van der Waals surface area contributed by atoms with Crippen LogP contribution in [0.25, 0.3) is 0 Å². The smallest absolute Gasteiger partial charge is 0.149 e. The fourth-order valence-electron chi connectivity index (χ4n) is 0.598. The molecule has 11 heavy (non-hydrogen) atoms. The average molecular weight is 150 g/mol. The predicted molar refractivity (Wildman–Crippen MR) is 44.0 cm³/mol. The summed E-state index contributed by atoms with van der Waals surface area (Å²) in [4.78, 5) is 8.92. The second kappa shape index (κ2) is 4.46. The molecule has 0 saturated heterocycles. The molecule has 1 aromatic heterocycles. The molecule has 1 heterocycles. The van der Waals surface area contributed by atoms with Crippen LogP contribution >= 0.6 is 0 Å². The van der Waals surface area contributed by atoms with Gasteiger partial charge in [0.2, 0.25) is 0 Å². The van der Waals surface area contributed by atoms with Crippen LogP contribution in [0.4, 0.5) is 5.82 Å². The third-order valence-electron chi connectivity index (χ3n) is 1.04. The van der Waals surface area contributed by atoms with E-state index in [1.54, 1.807) is 12.3 Å². The van der Waals surface area contributed by atoms with Crippen LogP contribution in [0.1, 0.15) is 0 Å². The summed E-state index contributed by atoms with van der Waals surface area (Å²) in [6, 6.07) is 5.55. The molecule has 3 nitrogen and oxygen atoms in total. The number of nitrogens with zero attached hydrogens (tertiary/aromatic N) is 1. The van der Waals surface area contributed by atoms with Crippen LogP contribution in [0.5, 0.6) is 0 Å². The predicted octanol–water partition coefficient (Wildman–Crippen LogP) is 1.61. The number of pyridine rings is 1. The summed E-state index contributed by atoms with van der Waals surface area (Å²) in [5.41, 5.74) is 2.66. The van der Waals surface area contributed by atoms with Gasteiger partial charge in [-0.25, -0.2) is 10.5 Å². The minimum absolute atomic E-state index is 0.469.